The zero-order chi connectivity index (χ0) is 16.7. The van der Waals surface area contributed by atoms with Crippen LogP contribution in [0, 0.1) is 6.92 Å². The van der Waals surface area contributed by atoms with E-state index in [2.05, 4.69) is 29.3 Å². The predicted molar refractivity (Wildman–Crippen MR) is 91.2 cm³/mol. The number of piperidine rings is 1. The molecule has 24 heavy (non-hydrogen) atoms. The van der Waals surface area contributed by atoms with Gasteiger partial charge in [-0.15, -0.1) is 0 Å². The fraction of sp³-hybridized carbons (Fsp3) is 0.474. The van der Waals surface area contributed by atoms with Gasteiger partial charge in [-0.1, -0.05) is 25.1 Å². The van der Waals surface area contributed by atoms with Gasteiger partial charge in [0.25, 0.3) is 5.91 Å². The molecule has 0 unspecified atom stereocenters. The van der Waals surface area contributed by atoms with E-state index in [9.17, 15) is 4.79 Å². The number of likely N-dealkylation sites (tertiary alicyclic amines) is 1. The monoisotopic (exact) mass is 325 g/mol. The molecule has 4 rings (SSSR count). The molecule has 1 amide bonds. The van der Waals surface area contributed by atoms with Crippen LogP contribution in [0.2, 0.25) is 0 Å². The van der Waals surface area contributed by atoms with Crippen LogP contribution in [0.15, 0.2) is 30.3 Å². The summed E-state index contributed by atoms with van der Waals surface area (Å²) in [5.41, 5.74) is 3.26. The third-order valence-corrected chi connectivity index (χ3v) is 5.24. The number of nitrogens with zero attached hydrogens (tertiary/aromatic N) is 2. The minimum Gasteiger partial charge on any atom is -0.480 e. The maximum Gasteiger partial charge on any atom is 0.264 e. The molecule has 2 aliphatic heterocycles. The van der Waals surface area contributed by atoms with E-state index in [1.165, 1.54) is 0 Å². The van der Waals surface area contributed by atoms with Crippen LogP contribution in [0.5, 0.6) is 5.75 Å². The largest absolute Gasteiger partial charge is 0.480 e. The number of aromatic nitrogens is 2. The van der Waals surface area contributed by atoms with E-state index >= 15 is 0 Å². The van der Waals surface area contributed by atoms with Crippen LogP contribution in [0.4, 0.5) is 0 Å². The van der Waals surface area contributed by atoms with Crippen molar-refractivity contribution in [1.29, 1.82) is 0 Å². The molecule has 0 aliphatic carbocycles. The number of aryl methyl sites for hydroxylation is 1. The number of H-pyrrole nitrogens is 1. The molecule has 0 spiro atoms. The molecule has 0 radical (unpaired) electrons. The van der Waals surface area contributed by atoms with Crippen molar-refractivity contribution in [3.8, 4) is 5.75 Å². The number of rotatable bonds is 2. The van der Waals surface area contributed by atoms with E-state index < -0.39 is 6.10 Å². The van der Waals surface area contributed by atoms with Crippen molar-refractivity contribution in [2.75, 3.05) is 13.1 Å². The molecule has 1 fully saturated rings. The Balaban J connectivity index is 1.49. The number of hydrogen-bond acceptors (Lipinski definition) is 3. The van der Waals surface area contributed by atoms with Gasteiger partial charge >= 0.3 is 0 Å². The molecule has 1 aromatic carbocycles. The van der Waals surface area contributed by atoms with E-state index in [0.717, 1.165) is 48.6 Å². The van der Waals surface area contributed by atoms with Crippen molar-refractivity contribution < 1.29 is 9.53 Å². The van der Waals surface area contributed by atoms with Crippen LogP contribution >= 0.6 is 0 Å². The summed E-state index contributed by atoms with van der Waals surface area (Å²) >= 11 is 0. The van der Waals surface area contributed by atoms with Crippen LogP contribution in [0.25, 0.3) is 0 Å². The number of ether oxygens (including phenoxy) is 1. The molecule has 2 aromatic rings. The van der Waals surface area contributed by atoms with Crippen LogP contribution < -0.4 is 4.74 Å². The first-order valence-corrected chi connectivity index (χ1v) is 8.70. The molecule has 126 valence electrons. The van der Waals surface area contributed by atoms with E-state index in [0.29, 0.717) is 5.92 Å². The molecule has 5 nitrogen and oxygen atoms in total. The van der Waals surface area contributed by atoms with Crippen LogP contribution in [-0.2, 0) is 4.79 Å². The van der Waals surface area contributed by atoms with Crippen LogP contribution in [0.1, 0.15) is 48.6 Å². The second-order valence-electron chi connectivity index (χ2n) is 6.96. The number of hydrogen-bond donors (Lipinski definition) is 1. The van der Waals surface area contributed by atoms with Crippen molar-refractivity contribution in [1.82, 2.24) is 15.1 Å². The van der Waals surface area contributed by atoms with Gasteiger partial charge in [0.05, 0.1) is 5.69 Å². The summed E-state index contributed by atoms with van der Waals surface area (Å²) in [4.78, 5) is 15.0. The zero-order valence-electron chi connectivity index (χ0n) is 14.2. The average molecular weight is 325 g/mol. The first-order valence-electron chi connectivity index (χ1n) is 8.70. The molecule has 0 saturated carbocycles. The minimum absolute atomic E-state index is 0.0988. The number of aromatic amines is 1. The number of fused-ring (bicyclic) bond motifs is 1. The number of nitrogens with one attached hydrogen (secondary N) is 1. The van der Waals surface area contributed by atoms with Crippen LogP contribution in [-0.4, -0.2) is 40.2 Å². The normalized spacial score (nSPS) is 26.1. The highest BCUT2D eigenvalue weighted by Crippen LogP contribution is 2.39. The lowest BCUT2D eigenvalue weighted by molar-refractivity contribution is -0.140. The second-order valence-corrected chi connectivity index (χ2v) is 6.96. The summed E-state index contributed by atoms with van der Waals surface area (Å²) in [7, 11) is 0. The van der Waals surface area contributed by atoms with Gasteiger partial charge in [0.1, 0.15) is 5.75 Å². The van der Waals surface area contributed by atoms with Gasteiger partial charge in [0.2, 0.25) is 0 Å². The standard InChI is InChI=1S/C19H23N3O2/c1-12-10-16(21-20-12)14-6-5-9-22(11-14)19(23)18-13(2)15-7-3-4-8-17(15)24-18/h3-4,7-8,10,13-14,18H,5-6,9,11H2,1-2H3,(H,20,21)/t13-,14+,18-/m0/s1. The highest BCUT2D eigenvalue weighted by Gasteiger charge is 2.39. The maximum absolute atomic E-state index is 13.0. The molecule has 3 heterocycles. The van der Waals surface area contributed by atoms with Crippen molar-refractivity contribution in [3.05, 3.63) is 47.3 Å². The first kappa shape index (κ1) is 15.2. The Hall–Kier alpha value is -2.30. The summed E-state index contributed by atoms with van der Waals surface area (Å²) in [6, 6.07) is 10.0. The average Bonchev–Trinajstić information content (AvgIpc) is 3.19. The topological polar surface area (TPSA) is 58.2 Å². The first-order chi connectivity index (χ1) is 11.6. The number of amides is 1. The Bertz CT molecular complexity index is 755. The molecular weight excluding hydrogens is 302 g/mol. The molecule has 2 aliphatic rings. The molecule has 1 aromatic heterocycles. The van der Waals surface area contributed by atoms with E-state index in [4.69, 9.17) is 4.74 Å². The molecule has 3 atom stereocenters. The van der Waals surface area contributed by atoms with E-state index in [1.54, 1.807) is 0 Å². The van der Waals surface area contributed by atoms with Gasteiger partial charge in [0, 0.05) is 36.2 Å². The molecule has 5 heteroatoms. The number of para-hydroxylation sites is 1. The highest BCUT2D eigenvalue weighted by molar-refractivity contribution is 5.83. The van der Waals surface area contributed by atoms with Gasteiger partial charge < -0.3 is 9.64 Å². The van der Waals surface area contributed by atoms with E-state index in [-0.39, 0.29) is 11.8 Å². The van der Waals surface area contributed by atoms with Gasteiger partial charge in [-0.3, -0.25) is 9.89 Å². The Labute approximate surface area is 142 Å². The third kappa shape index (κ3) is 2.58. The molecular formula is C19H23N3O2. The van der Waals surface area contributed by atoms with Crippen LogP contribution in [0.3, 0.4) is 0 Å². The lowest BCUT2D eigenvalue weighted by Crippen LogP contribution is -2.46. The molecule has 1 N–H and O–H groups in total. The van der Waals surface area contributed by atoms with Crippen molar-refractivity contribution in [2.24, 2.45) is 0 Å². The highest BCUT2D eigenvalue weighted by atomic mass is 16.5. The minimum atomic E-state index is -0.401. The van der Waals surface area contributed by atoms with Crippen molar-refractivity contribution >= 4 is 5.91 Å². The SMILES string of the molecule is Cc1cc([C@@H]2CCCN(C(=O)[C@H]3Oc4ccccc4[C@@H]3C)C2)n[nH]1. The van der Waals surface area contributed by atoms with Gasteiger partial charge in [-0.2, -0.15) is 5.10 Å². The van der Waals surface area contributed by atoms with Crippen molar-refractivity contribution in [3.63, 3.8) is 0 Å². The Morgan fingerprint density at radius 2 is 2.21 bits per heavy atom. The predicted octanol–water partition coefficient (Wildman–Crippen LogP) is 2.99. The fourth-order valence-corrected chi connectivity index (χ4v) is 3.88. The fourth-order valence-electron chi connectivity index (χ4n) is 3.88. The Kier molecular flexibility index (Phi) is 3.79. The number of carbonyl (C=O) groups excluding carboxylic acids is 1. The Morgan fingerprint density at radius 3 is 2.96 bits per heavy atom. The zero-order valence-corrected chi connectivity index (χ0v) is 14.2. The number of carbonyl (C=O) groups is 1. The Morgan fingerprint density at radius 1 is 1.38 bits per heavy atom. The van der Waals surface area contributed by atoms with Gasteiger partial charge in [0.15, 0.2) is 6.10 Å². The smallest absolute Gasteiger partial charge is 0.264 e. The van der Waals surface area contributed by atoms with Crippen molar-refractivity contribution in [2.45, 2.75) is 44.6 Å². The third-order valence-electron chi connectivity index (χ3n) is 5.24. The molecule has 0 bridgehead atoms. The number of benzene rings is 1. The molecule has 1 saturated heterocycles. The summed E-state index contributed by atoms with van der Waals surface area (Å²) in [5, 5.41) is 7.39. The lowest BCUT2D eigenvalue weighted by Gasteiger charge is -2.34. The lowest BCUT2D eigenvalue weighted by atomic mass is 9.92. The quantitative estimate of drug-likeness (QED) is 0.923. The second kappa shape index (κ2) is 5.96. The van der Waals surface area contributed by atoms with Gasteiger partial charge in [-0.25, -0.2) is 0 Å². The maximum atomic E-state index is 13.0. The van der Waals surface area contributed by atoms with E-state index in [1.807, 2.05) is 30.0 Å². The summed E-state index contributed by atoms with van der Waals surface area (Å²) < 4.78 is 5.97. The summed E-state index contributed by atoms with van der Waals surface area (Å²) in [6.07, 6.45) is 1.69. The summed E-state index contributed by atoms with van der Waals surface area (Å²) in [5.74, 6) is 1.36. The van der Waals surface area contributed by atoms with Gasteiger partial charge in [-0.05, 0) is 31.9 Å². The summed E-state index contributed by atoms with van der Waals surface area (Å²) in [6.45, 7) is 5.62.